The number of rotatable bonds is 6. The van der Waals surface area contributed by atoms with Crippen molar-refractivity contribution >= 4 is 27.5 Å². The zero-order chi connectivity index (χ0) is 19.4. The van der Waals surface area contributed by atoms with Crippen LogP contribution < -0.4 is 14.4 Å². The Labute approximate surface area is 161 Å². The molecule has 3 rings (SSSR count). The molecule has 0 aromatic heterocycles. The molecule has 2 aromatic carbocycles. The van der Waals surface area contributed by atoms with Gasteiger partial charge in [-0.2, -0.15) is 0 Å². The van der Waals surface area contributed by atoms with Gasteiger partial charge in [-0.15, -0.1) is 0 Å². The molecule has 0 atom stereocenters. The predicted molar refractivity (Wildman–Crippen MR) is 110 cm³/mol. The lowest BCUT2D eigenvalue weighted by molar-refractivity contribution is 0.311. The van der Waals surface area contributed by atoms with E-state index in [4.69, 9.17) is 4.74 Å². The van der Waals surface area contributed by atoms with Gasteiger partial charge in [-0.05, 0) is 36.9 Å². The third-order valence-corrected chi connectivity index (χ3v) is 6.16. The van der Waals surface area contributed by atoms with E-state index >= 15 is 0 Å². The first-order valence-corrected chi connectivity index (χ1v) is 10.3. The summed E-state index contributed by atoms with van der Waals surface area (Å²) >= 11 is 0. The van der Waals surface area contributed by atoms with Gasteiger partial charge < -0.3 is 14.5 Å². The number of ether oxygens (including phenoxy) is 1. The zero-order valence-corrected chi connectivity index (χ0v) is 16.5. The highest BCUT2D eigenvalue weighted by atomic mass is 32.2. The molecule has 7 heteroatoms. The standard InChI is InChI=1S/C20H25N3O3S/c1-4-16-7-5-6-8-20(16)27(24,25)21-17-9-10-19(26-3)18(15-17)23-13-11-22(2)12-14-23/h4-10,15,21H,1,11-14H2,2-3H3. The normalized spacial score (nSPS) is 15.4. The number of likely N-dealkylation sites (N-methyl/N-ethyl adjacent to an activating group) is 1. The number of hydrogen-bond donors (Lipinski definition) is 1. The van der Waals surface area contributed by atoms with Gasteiger partial charge in [-0.1, -0.05) is 30.9 Å². The molecule has 0 radical (unpaired) electrons. The Morgan fingerprint density at radius 2 is 1.81 bits per heavy atom. The Balaban J connectivity index is 1.91. The summed E-state index contributed by atoms with van der Waals surface area (Å²) in [5.74, 6) is 0.731. The third kappa shape index (κ3) is 4.26. The highest BCUT2D eigenvalue weighted by Crippen LogP contribution is 2.33. The molecule has 2 aromatic rings. The van der Waals surface area contributed by atoms with Crippen LogP contribution in [0.4, 0.5) is 11.4 Å². The first-order chi connectivity index (χ1) is 12.9. The van der Waals surface area contributed by atoms with E-state index in [0.29, 0.717) is 11.3 Å². The molecule has 0 aliphatic carbocycles. The summed E-state index contributed by atoms with van der Waals surface area (Å²) in [6.45, 7) is 7.32. The Morgan fingerprint density at radius 1 is 1.11 bits per heavy atom. The van der Waals surface area contributed by atoms with Crippen LogP contribution in [0.5, 0.6) is 5.75 Å². The molecule has 6 nitrogen and oxygen atoms in total. The van der Waals surface area contributed by atoms with Gasteiger partial charge >= 0.3 is 0 Å². The number of anilines is 2. The van der Waals surface area contributed by atoms with Crippen LogP contribution in [-0.4, -0.2) is 53.7 Å². The average molecular weight is 388 g/mol. The topological polar surface area (TPSA) is 61.9 Å². The van der Waals surface area contributed by atoms with Gasteiger partial charge in [0.1, 0.15) is 5.75 Å². The SMILES string of the molecule is C=Cc1ccccc1S(=O)(=O)Nc1ccc(OC)c(N2CCN(C)CC2)c1. The Kier molecular flexibility index (Phi) is 5.72. The van der Waals surface area contributed by atoms with Crippen molar-refractivity contribution in [3.05, 3.63) is 54.6 Å². The number of benzene rings is 2. The first-order valence-electron chi connectivity index (χ1n) is 8.80. The Morgan fingerprint density at radius 3 is 2.48 bits per heavy atom. The number of piperazine rings is 1. The minimum atomic E-state index is -3.72. The van der Waals surface area contributed by atoms with E-state index in [1.54, 1.807) is 43.5 Å². The molecule has 0 amide bonds. The molecule has 144 valence electrons. The molecule has 0 saturated carbocycles. The largest absolute Gasteiger partial charge is 0.495 e. The molecule has 1 heterocycles. The van der Waals surface area contributed by atoms with E-state index in [1.807, 2.05) is 6.07 Å². The van der Waals surface area contributed by atoms with Crippen molar-refractivity contribution in [2.24, 2.45) is 0 Å². The molecule has 27 heavy (non-hydrogen) atoms. The van der Waals surface area contributed by atoms with E-state index in [9.17, 15) is 8.42 Å². The van der Waals surface area contributed by atoms with Crippen LogP contribution in [0.1, 0.15) is 5.56 Å². The molecule has 1 saturated heterocycles. The molecule has 0 bridgehead atoms. The van der Waals surface area contributed by atoms with E-state index in [0.717, 1.165) is 37.6 Å². The molecular formula is C20H25N3O3S. The summed E-state index contributed by atoms with van der Waals surface area (Å²) in [5.41, 5.74) is 1.96. The van der Waals surface area contributed by atoms with Gasteiger partial charge in [0.05, 0.1) is 23.4 Å². The minimum Gasteiger partial charge on any atom is -0.495 e. The number of nitrogens with one attached hydrogen (secondary N) is 1. The summed E-state index contributed by atoms with van der Waals surface area (Å²) < 4.78 is 33.9. The summed E-state index contributed by atoms with van der Waals surface area (Å²) in [7, 11) is -0.00322. The number of nitrogens with zero attached hydrogens (tertiary/aromatic N) is 2. The van der Waals surface area contributed by atoms with E-state index in [2.05, 4.69) is 28.1 Å². The lowest BCUT2D eigenvalue weighted by Gasteiger charge is -2.35. The van der Waals surface area contributed by atoms with Crippen LogP contribution in [0.2, 0.25) is 0 Å². The van der Waals surface area contributed by atoms with Crippen LogP contribution in [-0.2, 0) is 10.0 Å². The smallest absolute Gasteiger partial charge is 0.262 e. The van der Waals surface area contributed by atoms with Crippen LogP contribution in [0.3, 0.4) is 0 Å². The molecule has 1 aliphatic heterocycles. The van der Waals surface area contributed by atoms with Crippen molar-refractivity contribution in [2.45, 2.75) is 4.90 Å². The summed E-state index contributed by atoms with van der Waals surface area (Å²) in [4.78, 5) is 4.69. The van der Waals surface area contributed by atoms with Crippen LogP contribution in [0, 0.1) is 0 Å². The third-order valence-electron chi connectivity index (χ3n) is 4.70. The lowest BCUT2D eigenvalue weighted by Crippen LogP contribution is -2.44. The maximum absolute atomic E-state index is 12.9. The van der Waals surface area contributed by atoms with Crippen molar-refractivity contribution in [3.63, 3.8) is 0 Å². The van der Waals surface area contributed by atoms with Gasteiger partial charge in [0, 0.05) is 26.2 Å². The number of methoxy groups -OCH3 is 1. The maximum Gasteiger partial charge on any atom is 0.262 e. The second kappa shape index (κ2) is 8.02. The fraction of sp³-hybridized carbons (Fsp3) is 0.300. The second-order valence-electron chi connectivity index (χ2n) is 6.52. The van der Waals surface area contributed by atoms with E-state index < -0.39 is 10.0 Å². The second-order valence-corrected chi connectivity index (χ2v) is 8.18. The van der Waals surface area contributed by atoms with Crippen molar-refractivity contribution in [1.82, 2.24) is 4.90 Å². The van der Waals surface area contributed by atoms with Crippen LogP contribution >= 0.6 is 0 Å². The summed E-state index contributed by atoms with van der Waals surface area (Å²) in [6, 6.07) is 12.1. The first kappa shape index (κ1) is 19.3. The Bertz CT molecular complexity index is 920. The van der Waals surface area contributed by atoms with Crippen LogP contribution in [0.25, 0.3) is 6.08 Å². The maximum atomic E-state index is 12.9. The zero-order valence-electron chi connectivity index (χ0n) is 15.7. The van der Waals surface area contributed by atoms with E-state index in [-0.39, 0.29) is 4.90 Å². The molecule has 1 N–H and O–H groups in total. The van der Waals surface area contributed by atoms with Gasteiger partial charge in [0.2, 0.25) is 0 Å². The van der Waals surface area contributed by atoms with Crippen LogP contribution in [0.15, 0.2) is 53.9 Å². The average Bonchev–Trinajstić information content (AvgIpc) is 2.68. The van der Waals surface area contributed by atoms with Crippen molar-refractivity contribution in [3.8, 4) is 5.75 Å². The van der Waals surface area contributed by atoms with Crippen molar-refractivity contribution in [1.29, 1.82) is 0 Å². The number of sulfonamides is 1. The summed E-state index contributed by atoms with van der Waals surface area (Å²) in [5, 5.41) is 0. The molecule has 1 aliphatic rings. The highest BCUT2D eigenvalue weighted by molar-refractivity contribution is 7.92. The summed E-state index contributed by atoms with van der Waals surface area (Å²) in [6.07, 6.45) is 1.54. The molecular weight excluding hydrogens is 362 g/mol. The Hall–Kier alpha value is -2.51. The fourth-order valence-corrected chi connectivity index (χ4v) is 4.42. The van der Waals surface area contributed by atoms with Crippen molar-refractivity contribution in [2.75, 3.05) is 50.0 Å². The monoisotopic (exact) mass is 387 g/mol. The van der Waals surface area contributed by atoms with Gasteiger partial charge in [-0.25, -0.2) is 8.42 Å². The molecule has 1 fully saturated rings. The molecule has 0 spiro atoms. The van der Waals surface area contributed by atoms with Crippen molar-refractivity contribution < 1.29 is 13.2 Å². The molecule has 0 unspecified atom stereocenters. The van der Waals surface area contributed by atoms with Gasteiger partial charge in [0.25, 0.3) is 10.0 Å². The minimum absolute atomic E-state index is 0.206. The van der Waals surface area contributed by atoms with Gasteiger partial charge in [-0.3, -0.25) is 4.72 Å². The fourth-order valence-electron chi connectivity index (χ4n) is 3.15. The quantitative estimate of drug-likeness (QED) is 0.826. The lowest BCUT2D eigenvalue weighted by atomic mass is 10.2. The van der Waals surface area contributed by atoms with E-state index in [1.165, 1.54) is 6.08 Å². The highest BCUT2D eigenvalue weighted by Gasteiger charge is 2.21. The van der Waals surface area contributed by atoms with Gasteiger partial charge in [0.15, 0.2) is 0 Å². The predicted octanol–water partition coefficient (Wildman–Crippen LogP) is 2.89. The number of hydrogen-bond acceptors (Lipinski definition) is 5.